The highest BCUT2D eigenvalue weighted by molar-refractivity contribution is 6.00. The first-order valence-electron chi connectivity index (χ1n) is 5.76. The van der Waals surface area contributed by atoms with Crippen LogP contribution in [0.2, 0.25) is 0 Å². The van der Waals surface area contributed by atoms with E-state index in [2.05, 4.69) is 0 Å². The van der Waals surface area contributed by atoms with E-state index < -0.39 is 23.4 Å². The first-order valence-corrected chi connectivity index (χ1v) is 5.76. The molecule has 1 rings (SSSR count). The summed E-state index contributed by atoms with van der Waals surface area (Å²) in [6, 6.07) is 3.25. The number of hydrogen-bond donors (Lipinski definition) is 0. The summed E-state index contributed by atoms with van der Waals surface area (Å²) in [6.45, 7) is 1.47. The molecule has 0 aliphatic rings. The lowest BCUT2D eigenvalue weighted by Crippen LogP contribution is -2.35. The average molecular weight is 290 g/mol. The number of halogens is 3. The molecule has 0 heterocycles. The zero-order chi connectivity index (χ0) is 15.5. The van der Waals surface area contributed by atoms with Gasteiger partial charge in [0.2, 0.25) is 0 Å². The number of hydrogen-bond acceptors (Lipinski definition) is 4. The number of nitro groups is 1. The maximum atomic E-state index is 12.5. The fourth-order valence-electron chi connectivity index (χ4n) is 1.78. The van der Waals surface area contributed by atoms with E-state index in [1.54, 1.807) is 0 Å². The van der Waals surface area contributed by atoms with Gasteiger partial charge in [-0.2, -0.15) is 13.2 Å². The number of benzene rings is 1. The van der Waals surface area contributed by atoms with Crippen LogP contribution in [0, 0.1) is 10.1 Å². The van der Waals surface area contributed by atoms with E-state index in [1.165, 1.54) is 13.0 Å². The fourth-order valence-corrected chi connectivity index (χ4v) is 1.78. The van der Waals surface area contributed by atoms with Crippen molar-refractivity contribution in [1.29, 1.82) is 0 Å². The molecule has 0 saturated carbocycles. The number of nitrogens with zero attached hydrogens (tertiary/aromatic N) is 2. The molecule has 0 amide bonds. The van der Waals surface area contributed by atoms with Gasteiger partial charge in [0.1, 0.15) is 6.54 Å². The van der Waals surface area contributed by atoms with Crippen molar-refractivity contribution >= 4 is 17.2 Å². The van der Waals surface area contributed by atoms with Crippen molar-refractivity contribution in [2.24, 2.45) is 0 Å². The van der Waals surface area contributed by atoms with E-state index in [0.717, 1.165) is 24.0 Å². The van der Waals surface area contributed by atoms with E-state index in [4.69, 9.17) is 0 Å². The molecule has 8 heteroatoms. The Morgan fingerprint density at radius 1 is 1.40 bits per heavy atom. The second-order valence-electron chi connectivity index (χ2n) is 4.14. The second-order valence-corrected chi connectivity index (χ2v) is 4.14. The molecule has 110 valence electrons. The Kier molecular flexibility index (Phi) is 4.69. The Morgan fingerprint density at radius 3 is 2.40 bits per heavy atom. The molecule has 0 aliphatic heterocycles. The number of non-ortho nitro benzene ring substituents is 1. The average Bonchev–Trinajstić information content (AvgIpc) is 2.34. The van der Waals surface area contributed by atoms with Gasteiger partial charge < -0.3 is 4.90 Å². The number of carbonyl (C=O) groups excluding carboxylic acids is 1. The maximum absolute atomic E-state index is 12.5. The molecule has 0 spiro atoms. The topological polar surface area (TPSA) is 63.4 Å². The molecule has 0 radical (unpaired) electrons. The van der Waals surface area contributed by atoms with Crippen molar-refractivity contribution in [3.8, 4) is 0 Å². The summed E-state index contributed by atoms with van der Waals surface area (Å²) in [5, 5.41) is 10.7. The minimum Gasteiger partial charge on any atom is -0.362 e. The lowest BCUT2D eigenvalue weighted by atomic mass is 10.1. The Bertz CT molecular complexity index is 529. The van der Waals surface area contributed by atoms with Crippen LogP contribution in [0.1, 0.15) is 24.2 Å². The predicted octanol–water partition coefficient (Wildman–Crippen LogP) is 3.19. The summed E-state index contributed by atoms with van der Waals surface area (Å²) in [5.41, 5.74) is -0.379. The summed E-state index contributed by atoms with van der Waals surface area (Å²) in [5.74, 6) is -0.524. The van der Waals surface area contributed by atoms with Crippen LogP contribution in [0.25, 0.3) is 0 Å². The summed E-state index contributed by atoms with van der Waals surface area (Å²) in [7, 11) is 0. The summed E-state index contributed by atoms with van der Waals surface area (Å²) < 4.78 is 37.5. The normalized spacial score (nSPS) is 11.2. The van der Waals surface area contributed by atoms with Crippen molar-refractivity contribution in [3.05, 3.63) is 33.9 Å². The van der Waals surface area contributed by atoms with Gasteiger partial charge in [-0.05, 0) is 19.9 Å². The smallest absolute Gasteiger partial charge is 0.362 e. The zero-order valence-electron chi connectivity index (χ0n) is 10.9. The third-order valence-electron chi connectivity index (χ3n) is 2.66. The summed E-state index contributed by atoms with van der Waals surface area (Å²) in [6.07, 6.45) is -4.42. The lowest BCUT2D eigenvalue weighted by Gasteiger charge is -2.26. The van der Waals surface area contributed by atoms with Gasteiger partial charge in [0.05, 0.1) is 4.92 Å². The number of carbonyl (C=O) groups is 1. The van der Waals surface area contributed by atoms with Crippen LogP contribution in [0.5, 0.6) is 0 Å². The van der Waals surface area contributed by atoms with Crippen molar-refractivity contribution in [1.82, 2.24) is 0 Å². The van der Waals surface area contributed by atoms with Crippen molar-refractivity contribution < 1.29 is 22.9 Å². The van der Waals surface area contributed by atoms with Crippen molar-refractivity contribution in [2.75, 3.05) is 18.0 Å². The highest BCUT2D eigenvalue weighted by atomic mass is 19.4. The standard InChI is InChI=1S/C12H13F3N2O3/c1-3-16(7-12(13,14)15)11-5-4-9(17(19)20)6-10(11)8(2)18/h4-6H,3,7H2,1-2H3. The molecule has 0 bridgehead atoms. The van der Waals surface area contributed by atoms with E-state index in [9.17, 15) is 28.1 Å². The third-order valence-corrected chi connectivity index (χ3v) is 2.66. The zero-order valence-corrected chi connectivity index (χ0v) is 10.9. The molecule has 1 aromatic rings. The van der Waals surface area contributed by atoms with Crippen LogP contribution in [-0.2, 0) is 0 Å². The predicted molar refractivity (Wildman–Crippen MR) is 67.0 cm³/mol. The van der Waals surface area contributed by atoms with Gasteiger partial charge >= 0.3 is 6.18 Å². The maximum Gasteiger partial charge on any atom is 0.405 e. The third kappa shape index (κ3) is 3.94. The van der Waals surface area contributed by atoms with Crippen LogP contribution in [0.3, 0.4) is 0 Å². The Morgan fingerprint density at radius 2 is 2.00 bits per heavy atom. The van der Waals surface area contributed by atoms with Gasteiger partial charge in [0.15, 0.2) is 5.78 Å². The Hall–Kier alpha value is -2.12. The van der Waals surface area contributed by atoms with Crippen LogP contribution >= 0.6 is 0 Å². The van der Waals surface area contributed by atoms with Gasteiger partial charge in [0.25, 0.3) is 5.69 Å². The Balaban J connectivity index is 3.28. The van der Waals surface area contributed by atoms with Crippen LogP contribution in [-0.4, -0.2) is 30.0 Å². The first kappa shape index (κ1) is 15.9. The van der Waals surface area contributed by atoms with Crippen LogP contribution in [0.15, 0.2) is 18.2 Å². The molecule has 0 atom stereocenters. The van der Waals surface area contributed by atoms with Gasteiger partial charge in [-0.15, -0.1) is 0 Å². The minimum atomic E-state index is -4.42. The highest BCUT2D eigenvalue weighted by Gasteiger charge is 2.31. The van der Waals surface area contributed by atoms with Gasteiger partial charge in [-0.1, -0.05) is 0 Å². The van der Waals surface area contributed by atoms with E-state index >= 15 is 0 Å². The number of Topliss-reactive ketones (excluding diaryl/α,β-unsaturated/α-hetero) is 1. The SMILES string of the molecule is CCN(CC(F)(F)F)c1ccc([N+](=O)[O-])cc1C(C)=O. The second kappa shape index (κ2) is 5.89. The number of rotatable bonds is 5. The first-order chi connectivity index (χ1) is 9.15. The van der Waals surface area contributed by atoms with E-state index in [-0.39, 0.29) is 23.5 Å². The number of nitro benzene ring substituents is 1. The molecule has 0 unspecified atom stereocenters. The van der Waals surface area contributed by atoms with Gasteiger partial charge in [0, 0.05) is 29.9 Å². The highest BCUT2D eigenvalue weighted by Crippen LogP contribution is 2.28. The molecule has 0 N–H and O–H groups in total. The molecule has 0 aliphatic carbocycles. The van der Waals surface area contributed by atoms with Crippen molar-refractivity contribution in [3.63, 3.8) is 0 Å². The molecular weight excluding hydrogens is 277 g/mol. The minimum absolute atomic E-state index is 0.0254. The molecular formula is C12H13F3N2O3. The molecule has 0 saturated heterocycles. The van der Waals surface area contributed by atoms with Crippen LogP contribution < -0.4 is 4.90 Å². The van der Waals surface area contributed by atoms with Gasteiger partial charge in [-0.25, -0.2) is 0 Å². The monoisotopic (exact) mass is 290 g/mol. The fraction of sp³-hybridized carbons (Fsp3) is 0.417. The molecule has 1 aromatic carbocycles. The largest absolute Gasteiger partial charge is 0.405 e. The van der Waals surface area contributed by atoms with E-state index in [1.807, 2.05) is 0 Å². The number of anilines is 1. The molecule has 5 nitrogen and oxygen atoms in total. The van der Waals surface area contributed by atoms with Crippen molar-refractivity contribution in [2.45, 2.75) is 20.0 Å². The summed E-state index contributed by atoms with van der Waals surface area (Å²) >= 11 is 0. The molecule has 20 heavy (non-hydrogen) atoms. The number of ketones is 1. The number of alkyl halides is 3. The van der Waals surface area contributed by atoms with E-state index in [0.29, 0.717) is 0 Å². The molecule has 0 fully saturated rings. The Labute approximate surface area is 113 Å². The quantitative estimate of drug-likeness (QED) is 0.474. The molecule has 0 aromatic heterocycles. The van der Waals surface area contributed by atoms with Crippen LogP contribution in [0.4, 0.5) is 24.5 Å². The van der Waals surface area contributed by atoms with Gasteiger partial charge in [-0.3, -0.25) is 14.9 Å². The lowest BCUT2D eigenvalue weighted by molar-refractivity contribution is -0.384. The summed E-state index contributed by atoms with van der Waals surface area (Å²) in [4.78, 5) is 22.4.